The van der Waals surface area contributed by atoms with E-state index < -0.39 is 16.6 Å². The first kappa shape index (κ1) is 20.2. The molecule has 1 aromatic carbocycles. The van der Waals surface area contributed by atoms with Crippen molar-refractivity contribution in [2.75, 3.05) is 0 Å². The zero-order valence-electron chi connectivity index (χ0n) is 17.9. The van der Waals surface area contributed by atoms with E-state index in [0.29, 0.717) is 17.6 Å². The molecule has 3 heterocycles. The lowest BCUT2D eigenvalue weighted by Gasteiger charge is -2.49. The van der Waals surface area contributed by atoms with E-state index in [2.05, 4.69) is 13.5 Å². The highest BCUT2D eigenvalue weighted by Crippen LogP contribution is 2.44. The van der Waals surface area contributed by atoms with Gasteiger partial charge in [0.25, 0.3) is 0 Å². The summed E-state index contributed by atoms with van der Waals surface area (Å²) < 4.78 is 18.3. The summed E-state index contributed by atoms with van der Waals surface area (Å²) in [5.74, 6) is 0.737. The van der Waals surface area contributed by atoms with Crippen molar-refractivity contribution in [1.29, 1.82) is 0 Å². The highest BCUT2D eigenvalue weighted by Gasteiger charge is 2.49. The average Bonchev–Trinajstić information content (AvgIpc) is 2.62. The molecule has 156 valence electrons. The van der Waals surface area contributed by atoms with Gasteiger partial charge in [0.2, 0.25) is 0 Å². The summed E-state index contributed by atoms with van der Waals surface area (Å²) in [7, 11) is 0. The van der Waals surface area contributed by atoms with Crippen molar-refractivity contribution < 1.29 is 19.0 Å². The highest BCUT2D eigenvalue weighted by atomic mass is 16.6. The second-order valence-corrected chi connectivity index (χ2v) is 9.80. The molecule has 1 N–H and O–H groups in total. The standard InChI is InChI=1S/C24H30O5/c1-7-22(2,3)16-11-14-10-15-12-20-24(6,9-8-19(28-20)23(4,5)26)29-18(15)13-17(14)27-21(16)25/h7,10-11,13,19-20,26H,1,8-9,12H2,2-6H3/t19-,20+,24+/m0/s1. The van der Waals surface area contributed by atoms with Crippen LogP contribution in [0.2, 0.25) is 0 Å². The Hall–Kier alpha value is -2.11. The van der Waals surface area contributed by atoms with Gasteiger partial charge < -0.3 is 19.0 Å². The first-order valence-corrected chi connectivity index (χ1v) is 10.2. The van der Waals surface area contributed by atoms with Crippen LogP contribution < -0.4 is 10.4 Å². The van der Waals surface area contributed by atoms with Gasteiger partial charge in [-0.05, 0) is 51.3 Å². The van der Waals surface area contributed by atoms with Gasteiger partial charge in [-0.1, -0.05) is 19.9 Å². The minimum atomic E-state index is -0.889. The van der Waals surface area contributed by atoms with Crippen molar-refractivity contribution in [3.8, 4) is 5.75 Å². The zero-order valence-corrected chi connectivity index (χ0v) is 17.9. The van der Waals surface area contributed by atoms with Crippen LogP contribution >= 0.6 is 0 Å². The molecular formula is C24H30O5. The number of hydrogen-bond donors (Lipinski definition) is 1. The summed E-state index contributed by atoms with van der Waals surface area (Å²) in [5.41, 5.74) is -0.0638. The predicted molar refractivity (Wildman–Crippen MR) is 113 cm³/mol. The second-order valence-electron chi connectivity index (χ2n) is 9.80. The van der Waals surface area contributed by atoms with Gasteiger partial charge in [-0.2, -0.15) is 0 Å². The van der Waals surface area contributed by atoms with Gasteiger partial charge in [0, 0.05) is 28.9 Å². The van der Waals surface area contributed by atoms with Crippen molar-refractivity contribution in [2.45, 2.75) is 82.7 Å². The van der Waals surface area contributed by atoms with Crippen LogP contribution in [0.5, 0.6) is 5.75 Å². The van der Waals surface area contributed by atoms with E-state index in [9.17, 15) is 9.90 Å². The Balaban J connectivity index is 1.75. The topological polar surface area (TPSA) is 68.9 Å². The van der Waals surface area contributed by atoms with Crippen LogP contribution in [0.1, 0.15) is 58.6 Å². The summed E-state index contributed by atoms with van der Waals surface area (Å²) in [6.45, 7) is 13.4. The molecule has 0 unspecified atom stereocenters. The Morgan fingerprint density at radius 3 is 2.62 bits per heavy atom. The van der Waals surface area contributed by atoms with E-state index in [1.165, 1.54) is 0 Å². The lowest BCUT2D eigenvalue weighted by Crippen LogP contribution is -2.58. The van der Waals surface area contributed by atoms with Gasteiger partial charge in [0.05, 0.1) is 11.7 Å². The number of ether oxygens (including phenoxy) is 2. The van der Waals surface area contributed by atoms with E-state index in [1.54, 1.807) is 19.9 Å². The molecule has 0 aliphatic carbocycles. The van der Waals surface area contributed by atoms with Gasteiger partial charge in [0.15, 0.2) is 0 Å². The maximum atomic E-state index is 12.5. The van der Waals surface area contributed by atoms with Crippen LogP contribution in [-0.2, 0) is 16.6 Å². The fraction of sp³-hybridized carbons (Fsp3) is 0.542. The number of hydrogen-bond acceptors (Lipinski definition) is 5. The molecule has 4 rings (SSSR count). The van der Waals surface area contributed by atoms with Crippen molar-refractivity contribution in [3.63, 3.8) is 0 Å². The van der Waals surface area contributed by atoms with Gasteiger partial charge in [-0.3, -0.25) is 0 Å². The maximum Gasteiger partial charge on any atom is 0.340 e. The molecule has 5 heteroatoms. The quantitative estimate of drug-likeness (QED) is 0.618. The predicted octanol–water partition coefficient (Wildman–Crippen LogP) is 4.27. The van der Waals surface area contributed by atoms with E-state index in [0.717, 1.165) is 29.5 Å². The molecule has 0 spiro atoms. The van der Waals surface area contributed by atoms with Gasteiger partial charge in [0.1, 0.15) is 23.0 Å². The van der Waals surface area contributed by atoms with E-state index >= 15 is 0 Å². The summed E-state index contributed by atoms with van der Waals surface area (Å²) in [4.78, 5) is 12.5. The largest absolute Gasteiger partial charge is 0.484 e. The summed E-state index contributed by atoms with van der Waals surface area (Å²) >= 11 is 0. The number of fused-ring (bicyclic) bond motifs is 3. The second kappa shape index (κ2) is 6.44. The summed E-state index contributed by atoms with van der Waals surface area (Å²) in [6.07, 6.45) is 3.61. The Bertz CT molecular complexity index is 1030. The minimum absolute atomic E-state index is 0.141. The summed E-state index contributed by atoms with van der Waals surface area (Å²) in [6, 6.07) is 5.73. The fourth-order valence-electron chi connectivity index (χ4n) is 4.35. The Morgan fingerprint density at radius 1 is 1.24 bits per heavy atom. The van der Waals surface area contributed by atoms with Crippen LogP contribution in [0, 0.1) is 0 Å². The lowest BCUT2D eigenvalue weighted by atomic mass is 9.80. The van der Waals surface area contributed by atoms with E-state index in [-0.39, 0.29) is 17.8 Å². The van der Waals surface area contributed by atoms with Crippen molar-refractivity contribution in [1.82, 2.24) is 0 Å². The summed E-state index contributed by atoms with van der Waals surface area (Å²) in [5, 5.41) is 11.3. The van der Waals surface area contributed by atoms with Gasteiger partial charge in [-0.15, -0.1) is 6.58 Å². The smallest absolute Gasteiger partial charge is 0.340 e. The van der Waals surface area contributed by atoms with Gasteiger partial charge in [-0.25, -0.2) is 4.79 Å². The Kier molecular flexibility index (Phi) is 4.48. The third-order valence-electron chi connectivity index (χ3n) is 6.57. The monoisotopic (exact) mass is 398 g/mol. The van der Waals surface area contributed by atoms with Crippen LogP contribution in [0.15, 0.2) is 40.1 Å². The van der Waals surface area contributed by atoms with Crippen LogP contribution in [0.4, 0.5) is 0 Å². The minimum Gasteiger partial charge on any atom is -0.484 e. The van der Waals surface area contributed by atoms with E-state index in [4.69, 9.17) is 13.9 Å². The number of allylic oxidation sites excluding steroid dienone is 1. The Labute approximate surface area is 171 Å². The van der Waals surface area contributed by atoms with Crippen molar-refractivity contribution in [3.05, 3.63) is 52.4 Å². The molecule has 0 radical (unpaired) electrons. The fourth-order valence-corrected chi connectivity index (χ4v) is 4.35. The number of benzene rings is 1. The molecule has 0 saturated carbocycles. The molecule has 2 aliphatic rings. The number of aliphatic hydroxyl groups is 1. The molecule has 3 atom stereocenters. The number of rotatable bonds is 3. The van der Waals surface area contributed by atoms with Crippen LogP contribution in [-0.4, -0.2) is 28.5 Å². The van der Waals surface area contributed by atoms with Crippen molar-refractivity contribution >= 4 is 11.0 Å². The van der Waals surface area contributed by atoms with Gasteiger partial charge >= 0.3 is 5.63 Å². The normalized spacial score (nSPS) is 27.1. The molecule has 29 heavy (non-hydrogen) atoms. The molecule has 1 saturated heterocycles. The van der Waals surface area contributed by atoms with Crippen LogP contribution in [0.3, 0.4) is 0 Å². The third kappa shape index (κ3) is 3.40. The average molecular weight is 398 g/mol. The molecule has 0 amide bonds. The molecule has 0 bridgehead atoms. The lowest BCUT2D eigenvalue weighted by molar-refractivity contribution is -0.206. The molecular weight excluding hydrogens is 368 g/mol. The first-order chi connectivity index (χ1) is 13.4. The van der Waals surface area contributed by atoms with E-state index in [1.807, 2.05) is 32.0 Å². The first-order valence-electron chi connectivity index (χ1n) is 10.2. The van der Waals surface area contributed by atoms with Crippen molar-refractivity contribution in [2.24, 2.45) is 0 Å². The maximum absolute atomic E-state index is 12.5. The molecule has 1 aromatic heterocycles. The third-order valence-corrected chi connectivity index (χ3v) is 6.57. The SMILES string of the molecule is C=CC(C)(C)c1cc2cc3c(cc2oc1=O)O[C@]1(C)CC[C@@H](C(C)(C)O)O[C@@H]1C3. The zero-order chi connectivity index (χ0) is 21.2. The van der Waals surface area contributed by atoms with Crippen LogP contribution in [0.25, 0.3) is 11.0 Å². The molecule has 2 aromatic rings. The molecule has 1 fully saturated rings. The highest BCUT2D eigenvalue weighted by molar-refractivity contribution is 5.80. The molecule has 2 aliphatic heterocycles. The molecule has 5 nitrogen and oxygen atoms in total. The Morgan fingerprint density at radius 2 is 1.97 bits per heavy atom.